The maximum absolute atomic E-state index is 11.0. The van der Waals surface area contributed by atoms with Gasteiger partial charge in [0.1, 0.15) is 0 Å². The van der Waals surface area contributed by atoms with Crippen molar-refractivity contribution in [2.24, 2.45) is 0 Å². The van der Waals surface area contributed by atoms with E-state index in [1.807, 2.05) is 0 Å². The molecule has 0 bridgehead atoms. The van der Waals surface area contributed by atoms with Crippen LogP contribution >= 0.6 is 22.8 Å². The first-order valence-corrected chi connectivity index (χ1v) is 8.99. The molecule has 0 amide bonds. The van der Waals surface area contributed by atoms with E-state index in [4.69, 9.17) is 29.4 Å². The lowest BCUT2D eigenvalue weighted by Crippen LogP contribution is -2.22. The summed E-state index contributed by atoms with van der Waals surface area (Å²) in [6.07, 6.45) is 0. The second kappa shape index (κ2) is 4.65. The molecular formula is C6H9O9P3. The summed E-state index contributed by atoms with van der Waals surface area (Å²) in [5, 5.41) is -2.62. The Morgan fingerprint density at radius 3 is 0.833 bits per heavy atom. The Bertz CT molecular complexity index is 507. The van der Waals surface area contributed by atoms with E-state index in [1.165, 1.54) is 0 Å². The summed E-state index contributed by atoms with van der Waals surface area (Å²) in [7, 11) is -14.7. The Kier molecular flexibility index (Phi) is 4.06. The van der Waals surface area contributed by atoms with Crippen LogP contribution in [0.1, 0.15) is 0 Å². The van der Waals surface area contributed by atoms with Gasteiger partial charge in [0.05, 0.1) is 15.9 Å². The lowest BCUT2D eigenvalue weighted by atomic mass is 10.4. The summed E-state index contributed by atoms with van der Waals surface area (Å²) in [5.41, 5.74) is 0. The molecule has 0 radical (unpaired) electrons. The molecule has 0 aromatic heterocycles. The molecule has 0 fully saturated rings. The third-order valence-electron chi connectivity index (χ3n) is 1.90. The Hall–Kier alpha value is -0.330. The third kappa shape index (κ3) is 3.83. The van der Waals surface area contributed by atoms with Crippen LogP contribution in [-0.2, 0) is 13.7 Å². The Balaban J connectivity index is 3.65. The molecule has 0 atom stereocenters. The first kappa shape index (κ1) is 15.7. The maximum Gasteiger partial charge on any atom is 0.356 e. The molecule has 0 saturated heterocycles. The van der Waals surface area contributed by atoms with Crippen molar-refractivity contribution in [3.8, 4) is 0 Å². The van der Waals surface area contributed by atoms with Gasteiger partial charge in [-0.2, -0.15) is 0 Å². The van der Waals surface area contributed by atoms with Crippen LogP contribution in [0, 0.1) is 0 Å². The molecule has 0 unspecified atom stereocenters. The molecule has 0 aliphatic heterocycles. The second-order valence-corrected chi connectivity index (χ2v) is 8.15. The zero-order valence-corrected chi connectivity index (χ0v) is 11.2. The standard InChI is InChI=1S/C6H9O9P3/c7-16(8,9)4-1-5(17(10,11)12)3-6(2-4)18(13,14)15/h1-3H,(H2,7,8,9)(H2,10,11,12)(H2,13,14,15). The van der Waals surface area contributed by atoms with Crippen LogP contribution < -0.4 is 15.9 Å². The average molecular weight is 318 g/mol. The topological polar surface area (TPSA) is 173 Å². The van der Waals surface area contributed by atoms with E-state index < -0.39 is 38.7 Å². The van der Waals surface area contributed by atoms with E-state index in [2.05, 4.69) is 0 Å². The largest absolute Gasteiger partial charge is 0.356 e. The van der Waals surface area contributed by atoms with Crippen molar-refractivity contribution in [2.75, 3.05) is 0 Å². The normalized spacial score (nSPS) is 13.7. The zero-order valence-electron chi connectivity index (χ0n) is 8.48. The van der Waals surface area contributed by atoms with Crippen LogP contribution in [0.25, 0.3) is 0 Å². The van der Waals surface area contributed by atoms with E-state index in [9.17, 15) is 13.7 Å². The van der Waals surface area contributed by atoms with Crippen molar-refractivity contribution >= 4 is 38.7 Å². The van der Waals surface area contributed by atoms with Gasteiger partial charge in [0.2, 0.25) is 0 Å². The predicted molar refractivity (Wildman–Crippen MR) is 61.5 cm³/mol. The van der Waals surface area contributed by atoms with Gasteiger partial charge >= 0.3 is 22.8 Å². The van der Waals surface area contributed by atoms with Gasteiger partial charge in [0, 0.05) is 0 Å². The second-order valence-electron chi connectivity index (χ2n) is 3.34. The van der Waals surface area contributed by atoms with Crippen LogP contribution in [0.4, 0.5) is 0 Å². The summed E-state index contributed by atoms with van der Waals surface area (Å²) in [6.45, 7) is 0. The minimum atomic E-state index is -4.90. The van der Waals surface area contributed by atoms with Crippen LogP contribution in [0.2, 0.25) is 0 Å². The molecular weight excluding hydrogens is 309 g/mol. The number of hydrogen-bond acceptors (Lipinski definition) is 3. The molecule has 1 rings (SSSR count). The molecule has 0 saturated carbocycles. The molecule has 12 heteroatoms. The first-order valence-electron chi connectivity index (χ1n) is 4.15. The summed E-state index contributed by atoms with van der Waals surface area (Å²) in [6, 6.07) is 1.54. The molecule has 102 valence electrons. The number of hydrogen-bond donors (Lipinski definition) is 6. The number of benzene rings is 1. The van der Waals surface area contributed by atoms with E-state index in [-0.39, 0.29) is 0 Å². The molecule has 0 heterocycles. The van der Waals surface area contributed by atoms with Gasteiger partial charge in [-0.1, -0.05) is 0 Å². The smallest absolute Gasteiger partial charge is 0.321 e. The van der Waals surface area contributed by atoms with Crippen molar-refractivity contribution < 1.29 is 43.1 Å². The first-order chi connectivity index (χ1) is 7.82. The van der Waals surface area contributed by atoms with Crippen molar-refractivity contribution in [3.05, 3.63) is 18.2 Å². The Morgan fingerprint density at radius 1 is 0.556 bits per heavy atom. The zero-order chi connectivity index (χ0) is 14.4. The Morgan fingerprint density at radius 2 is 0.722 bits per heavy atom. The van der Waals surface area contributed by atoms with Gasteiger partial charge in [0.15, 0.2) is 0 Å². The summed E-state index contributed by atoms with van der Waals surface area (Å²) in [4.78, 5) is 53.2. The highest BCUT2D eigenvalue weighted by molar-refractivity contribution is 7.63. The van der Waals surface area contributed by atoms with Crippen molar-refractivity contribution in [1.29, 1.82) is 0 Å². The highest BCUT2D eigenvalue weighted by Gasteiger charge is 2.29. The Labute approximate surface area is 101 Å². The van der Waals surface area contributed by atoms with Gasteiger partial charge < -0.3 is 29.4 Å². The summed E-state index contributed by atoms with van der Waals surface area (Å²) >= 11 is 0. The monoisotopic (exact) mass is 318 g/mol. The van der Waals surface area contributed by atoms with E-state index >= 15 is 0 Å². The molecule has 18 heavy (non-hydrogen) atoms. The van der Waals surface area contributed by atoms with Crippen molar-refractivity contribution in [2.45, 2.75) is 0 Å². The molecule has 0 aliphatic carbocycles. The third-order valence-corrected chi connectivity index (χ3v) is 4.69. The highest BCUT2D eigenvalue weighted by atomic mass is 31.2. The van der Waals surface area contributed by atoms with Gasteiger partial charge in [0.25, 0.3) is 0 Å². The van der Waals surface area contributed by atoms with Crippen LogP contribution in [0.5, 0.6) is 0 Å². The molecule has 0 spiro atoms. The van der Waals surface area contributed by atoms with Crippen LogP contribution in [0.3, 0.4) is 0 Å². The highest BCUT2D eigenvalue weighted by Crippen LogP contribution is 2.40. The molecule has 9 nitrogen and oxygen atoms in total. The van der Waals surface area contributed by atoms with Gasteiger partial charge in [-0.25, -0.2) is 0 Å². The van der Waals surface area contributed by atoms with E-state index in [0.717, 1.165) is 0 Å². The summed E-state index contributed by atoms with van der Waals surface area (Å²) < 4.78 is 32.9. The predicted octanol–water partition coefficient (Wildman–Crippen LogP) is -1.90. The minimum Gasteiger partial charge on any atom is -0.321 e. The van der Waals surface area contributed by atoms with Crippen LogP contribution in [0.15, 0.2) is 18.2 Å². The van der Waals surface area contributed by atoms with Gasteiger partial charge in [-0.15, -0.1) is 0 Å². The molecule has 1 aromatic rings. The lowest BCUT2D eigenvalue weighted by molar-refractivity contribution is 0.386. The fourth-order valence-electron chi connectivity index (χ4n) is 1.08. The van der Waals surface area contributed by atoms with Gasteiger partial charge in [-0.3, -0.25) is 13.7 Å². The fraction of sp³-hybridized carbons (Fsp3) is 0. The fourth-order valence-corrected chi connectivity index (χ4v) is 3.23. The van der Waals surface area contributed by atoms with E-state index in [1.54, 1.807) is 0 Å². The molecule has 6 N–H and O–H groups in total. The van der Waals surface area contributed by atoms with Crippen molar-refractivity contribution in [3.63, 3.8) is 0 Å². The number of rotatable bonds is 3. The SMILES string of the molecule is O=P(O)(O)c1cc(P(=O)(O)O)cc(P(=O)(O)O)c1. The van der Waals surface area contributed by atoms with Crippen molar-refractivity contribution in [1.82, 2.24) is 0 Å². The van der Waals surface area contributed by atoms with E-state index in [0.29, 0.717) is 18.2 Å². The summed E-state index contributed by atoms with van der Waals surface area (Å²) in [5.74, 6) is 0. The molecule has 0 aliphatic rings. The van der Waals surface area contributed by atoms with Gasteiger partial charge in [-0.05, 0) is 18.2 Å². The maximum atomic E-state index is 11.0. The van der Waals surface area contributed by atoms with Crippen LogP contribution in [-0.4, -0.2) is 29.4 Å². The minimum absolute atomic E-state index is 0.515. The molecule has 1 aromatic carbocycles. The average Bonchev–Trinajstić information content (AvgIpc) is 2.13. The lowest BCUT2D eigenvalue weighted by Gasteiger charge is -2.12. The quantitative estimate of drug-likeness (QED) is 0.348.